The Balaban J connectivity index is 0.000000810. The van der Waals surface area contributed by atoms with Crippen molar-refractivity contribution in [3.8, 4) is 0 Å². The molecule has 2 heteroatoms. The predicted molar refractivity (Wildman–Crippen MR) is 41.9 cm³/mol. The number of rotatable bonds is 0. The Labute approximate surface area is 91.9 Å². The molecule has 53 valence electrons. The quantitative estimate of drug-likeness (QED) is 0.599. The van der Waals surface area contributed by atoms with Crippen LogP contribution in [0, 0.1) is 6.07 Å². The number of hydrogen-bond donors (Lipinski definition) is 0. The normalized spacial score (nSPS) is 10.7. The third-order valence-electron chi connectivity index (χ3n) is 1.21. The summed E-state index contributed by atoms with van der Waals surface area (Å²) in [5, 5.41) is 2.00. The van der Waals surface area contributed by atoms with Gasteiger partial charge in [0.1, 0.15) is 0 Å². The van der Waals surface area contributed by atoms with E-state index < -0.39 is 0 Å². The summed E-state index contributed by atoms with van der Waals surface area (Å²) in [6.07, 6.45) is 0. The van der Waals surface area contributed by atoms with Crippen LogP contribution >= 0.6 is 11.3 Å². The molecule has 0 spiro atoms. The summed E-state index contributed by atoms with van der Waals surface area (Å²) >= 11 is 1.77. The van der Waals surface area contributed by atoms with Gasteiger partial charge in [-0.25, -0.2) is 12.1 Å². The zero-order valence-electron chi connectivity index (χ0n) is 6.64. The molecule has 1 rings (SSSR count). The Kier molecular flexibility index (Phi) is 4.31. The summed E-state index contributed by atoms with van der Waals surface area (Å²) in [6, 6.07) is 5.11. The van der Waals surface area contributed by atoms with Gasteiger partial charge in [0.25, 0.3) is 0 Å². The third-order valence-corrected chi connectivity index (χ3v) is 2.45. The second-order valence-corrected chi connectivity index (χ2v) is 4.07. The largest absolute Gasteiger partial charge is 0.269 e. The minimum atomic E-state index is 0. The topological polar surface area (TPSA) is 0 Å². The number of hydrogen-bond acceptors (Lipinski definition) is 1. The fourth-order valence-corrected chi connectivity index (χ4v) is 1.39. The average Bonchev–Trinajstić information content (AvgIpc) is 2.08. The van der Waals surface area contributed by atoms with Gasteiger partial charge in [-0.05, 0) is 0 Å². The van der Waals surface area contributed by atoms with Crippen molar-refractivity contribution in [3.05, 3.63) is 22.4 Å². The molecule has 0 saturated heterocycles. The van der Waals surface area contributed by atoms with E-state index in [-0.39, 0.29) is 32.7 Å². The Morgan fingerprint density at radius 3 is 2.20 bits per heavy atom. The van der Waals surface area contributed by atoms with Gasteiger partial charge in [0.2, 0.25) is 0 Å². The first kappa shape index (κ1) is 10.8. The zero-order chi connectivity index (χ0) is 6.91. The molecule has 1 aromatic rings. The van der Waals surface area contributed by atoms with E-state index in [0.29, 0.717) is 5.41 Å². The molecule has 0 amide bonds. The van der Waals surface area contributed by atoms with E-state index in [1.807, 2.05) is 5.38 Å². The molecular formula is C8H11SY-. The van der Waals surface area contributed by atoms with Crippen molar-refractivity contribution < 1.29 is 32.7 Å². The van der Waals surface area contributed by atoms with Crippen LogP contribution in [0.5, 0.6) is 0 Å². The van der Waals surface area contributed by atoms with Gasteiger partial charge < -0.3 is 0 Å². The molecule has 0 N–H and O–H groups in total. The molecule has 0 fully saturated rings. The van der Waals surface area contributed by atoms with Crippen molar-refractivity contribution in [2.45, 2.75) is 26.2 Å². The van der Waals surface area contributed by atoms with Gasteiger partial charge in [0, 0.05) is 32.7 Å². The summed E-state index contributed by atoms with van der Waals surface area (Å²) in [7, 11) is 0. The standard InChI is InChI=1S/C8H11S.Y/c1-8(2,3)7-5-4-6-9-7;/h5-6H,1-3H3;/q-1;. The molecule has 0 nitrogen and oxygen atoms in total. The zero-order valence-corrected chi connectivity index (χ0v) is 10.3. The fraction of sp³-hybridized carbons (Fsp3) is 0.500. The van der Waals surface area contributed by atoms with Crippen LogP contribution in [-0.2, 0) is 38.1 Å². The first-order valence-corrected chi connectivity index (χ1v) is 3.94. The molecule has 0 bridgehead atoms. The summed E-state index contributed by atoms with van der Waals surface area (Å²) < 4.78 is 0. The van der Waals surface area contributed by atoms with E-state index in [0.717, 1.165) is 0 Å². The van der Waals surface area contributed by atoms with Gasteiger partial charge in [-0.2, -0.15) is 0 Å². The van der Waals surface area contributed by atoms with E-state index in [1.54, 1.807) is 11.3 Å². The second-order valence-electron chi connectivity index (χ2n) is 3.16. The van der Waals surface area contributed by atoms with Crippen LogP contribution in [0.4, 0.5) is 0 Å². The predicted octanol–water partition coefficient (Wildman–Crippen LogP) is 2.84. The minimum Gasteiger partial charge on any atom is -0.269 e. The maximum Gasteiger partial charge on any atom is 0 e. The first-order valence-electron chi connectivity index (χ1n) is 3.06. The van der Waals surface area contributed by atoms with Crippen LogP contribution < -0.4 is 0 Å². The number of thiophene rings is 1. The fourth-order valence-electron chi connectivity index (χ4n) is 0.635. The Morgan fingerprint density at radius 2 is 2.00 bits per heavy atom. The average molecular weight is 228 g/mol. The van der Waals surface area contributed by atoms with Crippen LogP contribution in [0.3, 0.4) is 0 Å². The van der Waals surface area contributed by atoms with Crippen LogP contribution in [0.1, 0.15) is 25.6 Å². The SMILES string of the molecule is CC(C)(C)c1c[c-]cs1.[Y]. The van der Waals surface area contributed by atoms with E-state index in [9.17, 15) is 0 Å². The van der Waals surface area contributed by atoms with Crippen LogP contribution in [-0.4, -0.2) is 0 Å². The van der Waals surface area contributed by atoms with Crippen LogP contribution in [0.2, 0.25) is 0 Å². The summed E-state index contributed by atoms with van der Waals surface area (Å²) in [5.74, 6) is 0. The van der Waals surface area contributed by atoms with Crippen molar-refractivity contribution in [2.75, 3.05) is 0 Å². The van der Waals surface area contributed by atoms with Crippen molar-refractivity contribution in [2.24, 2.45) is 0 Å². The van der Waals surface area contributed by atoms with Crippen molar-refractivity contribution in [1.82, 2.24) is 0 Å². The van der Waals surface area contributed by atoms with E-state index in [1.165, 1.54) is 4.88 Å². The van der Waals surface area contributed by atoms with Crippen LogP contribution in [0.15, 0.2) is 11.4 Å². The van der Waals surface area contributed by atoms with Gasteiger partial charge in [0.15, 0.2) is 0 Å². The molecule has 10 heavy (non-hydrogen) atoms. The minimum absolute atomic E-state index is 0. The molecule has 1 heterocycles. The molecule has 0 aromatic carbocycles. The molecule has 0 unspecified atom stereocenters. The van der Waals surface area contributed by atoms with Crippen molar-refractivity contribution in [3.63, 3.8) is 0 Å². The Morgan fingerprint density at radius 1 is 1.40 bits per heavy atom. The van der Waals surface area contributed by atoms with Crippen molar-refractivity contribution >= 4 is 11.3 Å². The van der Waals surface area contributed by atoms with E-state index >= 15 is 0 Å². The monoisotopic (exact) mass is 228 g/mol. The molecule has 0 aliphatic heterocycles. The molecule has 0 saturated carbocycles. The Hall–Kier alpha value is 0.804. The van der Waals surface area contributed by atoms with Crippen LogP contribution in [0.25, 0.3) is 0 Å². The molecular weight excluding hydrogens is 217 g/mol. The summed E-state index contributed by atoms with van der Waals surface area (Å²) in [6.45, 7) is 6.64. The maximum absolute atomic E-state index is 3.05. The molecule has 0 aliphatic carbocycles. The van der Waals surface area contributed by atoms with Gasteiger partial charge in [0.05, 0.1) is 0 Å². The maximum atomic E-state index is 3.05. The molecule has 1 aromatic heterocycles. The molecule has 1 radical (unpaired) electrons. The van der Waals surface area contributed by atoms with E-state index in [2.05, 4.69) is 32.9 Å². The second kappa shape index (κ2) is 3.99. The first-order chi connectivity index (χ1) is 4.11. The van der Waals surface area contributed by atoms with Crippen molar-refractivity contribution in [1.29, 1.82) is 0 Å². The van der Waals surface area contributed by atoms with E-state index in [4.69, 9.17) is 0 Å². The third kappa shape index (κ3) is 2.81. The smallest absolute Gasteiger partial charge is 0 e. The molecule has 0 atom stereocenters. The van der Waals surface area contributed by atoms with Gasteiger partial charge in [-0.3, -0.25) is 11.3 Å². The summed E-state index contributed by atoms with van der Waals surface area (Å²) in [4.78, 5) is 1.41. The molecule has 0 aliphatic rings. The Bertz CT molecular complexity index is 172. The van der Waals surface area contributed by atoms with Gasteiger partial charge >= 0.3 is 0 Å². The van der Waals surface area contributed by atoms with Gasteiger partial charge in [-0.1, -0.05) is 26.2 Å². The van der Waals surface area contributed by atoms with Gasteiger partial charge in [-0.15, -0.1) is 10.3 Å². The summed E-state index contributed by atoms with van der Waals surface area (Å²) in [5.41, 5.74) is 0.310.